The second-order valence-corrected chi connectivity index (χ2v) is 2.88. The van der Waals surface area contributed by atoms with Crippen molar-refractivity contribution in [2.75, 3.05) is 13.1 Å². The predicted octanol–water partition coefficient (Wildman–Crippen LogP) is 1.97. The van der Waals surface area contributed by atoms with E-state index in [0.717, 1.165) is 12.8 Å². The molecule has 0 spiro atoms. The second kappa shape index (κ2) is 2.97. The summed E-state index contributed by atoms with van der Waals surface area (Å²) in [6.07, 6.45) is -2.69. The number of alkyl halides is 3. The zero-order valence-corrected chi connectivity index (χ0v) is 6.63. The van der Waals surface area contributed by atoms with E-state index in [-0.39, 0.29) is 0 Å². The second-order valence-electron chi connectivity index (χ2n) is 2.50. The average molecular weight is 183 g/mol. The molecule has 0 aromatic rings. The largest absolute Gasteiger partial charge is 0.441 e. The van der Waals surface area contributed by atoms with Gasteiger partial charge < -0.3 is 4.90 Å². The summed E-state index contributed by atoms with van der Waals surface area (Å²) in [5.74, 6) is 0. The molecule has 0 aliphatic carbocycles. The van der Waals surface area contributed by atoms with Gasteiger partial charge in [0.25, 0.3) is 0 Å². The minimum atomic E-state index is -4.32. The van der Waals surface area contributed by atoms with Crippen molar-refractivity contribution < 1.29 is 13.2 Å². The molecule has 64 valence electrons. The average Bonchev–Trinajstić information content (AvgIpc) is 2.34. The number of halogens is 3. The fourth-order valence-electron chi connectivity index (χ4n) is 1.10. The summed E-state index contributed by atoms with van der Waals surface area (Å²) >= 11 is 4.25. The highest BCUT2D eigenvalue weighted by atomic mass is 32.1. The Balaban J connectivity index is 2.53. The zero-order chi connectivity index (χ0) is 8.48. The van der Waals surface area contributed by atoms with Gasteiger partial charge in [0.2, 0.25) is 0 Å². The quantitative estimate of drug-likeness (QED) is 0.528. The van der Waals surface area contributed by atoms with E-state index >= 15 is 0 Å². The summed E-state index contributed by atoms with van der Waals surface area (Å²) in [4.78, 5) is 0.352. The number of thiocarbonyl (C=S) groups is 1. The van der Waals surface area contributed by atoms with Gasteiger partial charge in [-0.1, -0.05) is 12.2 Å². The summed E-state index contributed by atoms with van der Waals surface area (Å²) in [6.45, 7) is 0.913. The lowest BCUT2D eigenvalue weighted by Crippen LogP contribution is -2.37. The predicted molar refractivity (Wildman–Crippen MR) is 39.5 cm³/mol. The molecule has 11 heavy (non-hydrogen) atoms. The van der Waals surface area contributed by atoms with Crippen LogP contribution in [0.2, 0.25) is 0 Å². The van der Waals surface area contributed by atoms with Crippen molar-refractivity contribution >= 4 is 17.2 Å². The van der Waals surface area contributed by atoms with Gasteiger partial charge in [0.15, 0.2) is 4.99 Å². The van der Waals surface area contributed by atoms with Gasteiger partial charge in [0.05, 0.1) is 0 Å². The highest BCUT2D eigenvalue weighted by Gasteiger charge is 2.38. The van der Waals surface area contributed by atoms with Crippen LogP contribution in [0.3, 0.4) is 0 Å². The maximum atomic E-state index is 11.9. The zero-order valence-electron chi connectivity index (χ0n) is 5.82. The Kier molecular flexibility index (Phi) is 2.37. The molecule has 0 saturated carbocycles. The van der Waals surface area contributed by atoms with Crippen LogP contribution in [0.5, 0.6) is 0 Å². The van der Waals surface area contributed by atoms with E-state index in [2.05, 4.69) is 12.2 Å². The third-order valence-electron chi connectivity index (χ3n) is 1.64. The lowest BCUT2D eigenvalue weighted by Gasteiger charge is -2.19. The summed E-state index contributed by atoms with van der Waals surface area (Å²) in [6, 6.07) is 0. The monoisotopic (exact) mass is 183 g/mol. The Hall–Kier alpha value is -0.320. The van der Waals surface area contributed by atoms with Gasteiger partial charge in [-0.25, -0.2) is 0 Å². The third-order valence-corrected chi connectivity index (χ3v) is 2.13. The van der Waals surface area contributed by atoms with Gasteiger partial charge in [-0.15, -0.1) is 0 Å². The minimum absolute atomic E-state index is 0.457. The number of hydrogen-bond acceptors (Lipinski definition) is 1. The summed E-state index contributed by atoms with van der Waals surface area (Å²) in [7, 11) is 0. The Bertz CT molecular complexity index is 160. The van der Waals surface area contributed by atoms with Crippen molar-refractivity contribution in [1.82, 2.24) is 4.90 Å². The lowest BCUT2D eigenvalue weighted by molar-refractivity contribution is -0.0648. The molecule has 0 N–H and O–H groups in total. The molecule has 0 amide bonds. The van der Waals surface area contributed by atoms with E-state index in [1.807, 2.05) is 0 Å². The van der Waals surface area contributed by atoms with E-state index in [4.69, 9.17) is 0 Å². The van der Waals surface area contributed by atoms with Crippen LogP contribution >= 0.6 is 12.2 Å². The summed E-state index contributed by atoms with van der Waals surface area (Å²) < 4.78 is 35.8. The smallest absolute Gasteiger partial charge is 0.359 e. The van der Waals surface area contributed by atoms with Gasteiger partial charge in [0.1, 0.15) is 0 Å². The van der Waals surface area contributed by atoms with Crippen LogP contribution in [0.4, 0.5) is 13.2 Å². The molecule has 0 aromatic carbocycles. The van der Waals surface area contributed by atoms with E-state index in [1.54, 1.807) is 0 Å². The fraction of sp³-hybridized carbons (Fsp3) is 0.833. The van der Waals surface area contributed by atoms with E-state index < -0.39 is 11.2 Å². The third kappa shape index (κ3) is 2.05. The SMILES string of the molecule is FC(F)(F)C(=S)N1CCCC1. The van der Waals surface area contributed by atoms with Gasteiger partial charge >= 0.3 is 6.18 Å². The van der Waals surface area contributed by atoms with E-state index in [1.165, 1.54) is 4.90 Å². The van der Waals surface area contributed by atoms with Crippen LogP contribution in [0.25, 0.3) is 0 Å². The van der Waals surface area contributed by atoms with E-state index in [9.17, 15) is 13.2 Å². The molecule has 1 saturated heterocycles. The number of hydrogen-bond donors (Lipinski definition) is 0. The molecule has 5 heteroatoms. The van der Waals surface area contributed by atoms with Gasteiger partial charge in [0, 0.05) is 13.1 Å². The standard InChI is InChI=1S/C6H8F3NS/c7-6(8,9)5(11)10-3-1-2-4-10/h1-4H2. The van der Waals surface area contributed by atoms with Crippen LogP contribution in [0, 0.1) is 0 Å². The number of rotatable bonds is 0. The topological polar surface area (TPSA) is 3.24 Å². The molecule has 1 nitrogen and oxygen atoms in total. The first kappa shape index (κ1) is 8.77. The first-order chi connectivity index (χ1) is 5.02. The van der Waals surface area contributed by atoms with Gasteiger partial charge in [-0.05, 0) is 12.8 Å². The first-order valence-corrected chi connectivity index (χ1v) is 3.79. The maximum Gasteiger partial charge on any atom is 0.441 e. The van der Waals surface area contributed by atoms with Crippen LogP contribution < -0.4 is 0 Å². The molecule has 1 aliphatic rings. The molecule has 1 rings (SSSR count). The Morgan fingerprint density at radius 1 is 1.18 bits per heavy atom. The Labute approximate surface area is 68.2 Å². The van der Waals surface area contributed by atoms with Crippen LogP contribution in [0.1, 0.15) is 12.8 Å². The minimum Gasteiger partial charge on any atom is -0.359 e. The van der Waals surface area contributed by atoms with Crippen molar-refractivity contribution in [2.24, 2.45) is 0 Å². The number of nitrogens with zero attached hydrogens (tertiary/aromatic N) is 1. The van der Waals surface area contributed by atoms with Crippen molar-refractivity contribution in [3.05, 3.63) is 0 Å². The van der Waals surface area contributed by atoms with Crippen LogP contribution in [0.15, 0.2) is 0 Å². The molecule has 1 aliphatic heterocycles. The van der Waals surface area contributed by atoms with Gasteiger partial charge in [-0.2, -0.15) is 13.2 Å². The highest BCUT2D eigenvalue weighted by molar-refractivity contribution is 7.80. The molecule has 0 bridgehead atoms. The fourth-order valence-corrected chi connectivity index (χ4v) is 1.28. The van der Waals surface area contributed by atoms with Crippen molar-refractivity contribution in [2.45, 2.75) is 19.0 Å². The molecule has 0 radical (unpaired) electrons. The van der Waals surface area contributed by atoms with Crippen molar-refractivity contribution in [3.63, 3.8) is 0 Å². The molecular formula is C6H8F3NS. The van der Waals surface area contributed by atoms with E-state index in [0.29, 0.717) is 13.1 Å². The molecule has 0 atom stereocenters. The molecule has 0 aromatic heterocycles. The molecule has 0 unspecified atom stereocenters. The van der Waals surface area contributed by atoms with Crippen LogP contribution in [-0.2, 0) is 0 Å². The van der Waals surface area contributed by atoms with Gasteiger partial charge in [-0.3, -0.25) is 0 Å². The summed E-state index contributed by atoms with van der Waals surface area (Å²) in [5, 5.41) is 0. The normalized spacial score (nSPS) is 19.0. The Morgan fingerprint density at radius 3 is 2.00 bits per heavy atom. The van der Waals surface area contributed by atoms with Crippen molar-refractivity contribution in [3.8, 4) is 0 Å². The van der Waals surface area contributed by atoms with Crippen molar-refractivity contribution in [1.29, 1.82) is 0 Å². The van der Waals surface area contributed by atoms with Crippen LogP contribution in [-0.4, -0.2) is 29.2 Å². The Morgan fingerprint density at radius 2 is 1.64 bits per heavy atom. The first-order valence-electron chi connectivity index (χ1n) is 3.38. The molecule has 1 fully saturated rings. The maximum absolute atomic E-state index is 11.9. The molecular weight excluding hydrogens is 175 g/mol. The molecule has 1 heterocycles. The summed E-state index contributed by atoms with van der Waals surface area (Å²) in [5.41, 5.74) is 0. The highest BCUT2D eigenvalue weighted by Crippen LogP contribution is 2.22. The lowest BCUT2D eigenvalue weighted by atomic mass is 10.4. The number of likely N-dealkylation sites (tertiary alicyclic amines) is 1.